The first-order valence-electron chi connectivity index (χ1n) is 8.45. The van der Waals surface area contributed by atoms with E-state index in [4.69, 9.17) is 4.74 Å². The summed E-state index contributed by atoms with van der Waals surface area (Å²) in [5.41, 5.74) is 3.32. The molecule has 0 saturated heterocycles. The molecule has 24 heavy (non-hydrogen) atoms. The second kappa shape index (κ2) is 8.96. The zero-order valence-electron chi connectivity index (χ0n) is 14.6. The number of benzene rings is 2. The predicted molar refractivity (Wildman–Crippen MR) is 98.9 cm³/mol. The molecule has 0 heterocycles. The smallest absolute Gasteiger partial charge is 0.319 e. The number of urea groups is 1. The number of carbonyl (C=O) groups is 1. The van der Waals surface area contributed by atoms with Crippen LogP contribution >= 0.6 is 0 Å². The minimum atomic E-state index is -0.225. The lowest BCUT2D eigenvalue weighted by atomic mass is 10.0. The lowest BCUT2D eigenvalue weighted by Crippen LogP contribution is -2.32. The molecule has 0 radical (unpaired) electrons. The Morgan fingerprint density at radius 3 is 2.29 bits per heavy atom. The molecule has 0 atom stereocenters. The van der Waals surface area contributed by atoms with Crippen LogP contribution in [0.5, 0.6) is 5.75 Å². The van der Waals surface area contributed by atoms with Gasteiger partial charge in [0.15, 0.2) is 0 Å². The Morgan fingerprint density at radius 2 is 1.71 bits per heavy atom. The number of carbonyl (C=O) groups excluding carboxylic acids is 1. The van der Waals surface area contributed by atoms with Gasteiger partial charge in [-0.1, -0.05) is 45.0 Å². The van der Waals surface area contributed by atoms with Crippen LogP contribution in [0.2, 0.25) is 0 Å². The quantitative estimate of drug-likeness (QED) is 0.732. The highest BCUT2D eigenvalue weighted by atomic mass is 16.5. The molecule has 0 aliphatic carbocycles. The van der Waals surface area contributed by atoms with Gasteiger partial charge in [0.05, 0.1) is 6.54 Å². The van der Waals surface area contributed by atoms with Crippen molar-refractivity contribution in [2.45, 2.75) is 33.1 Å². The van der Waals surface area contributed by atoms with E-state index >= 15 is 0 Å². The van der Waals surface area contributed by atoms with Crippen LogP contribution in [0.25, 0.3) is 0 Å². The third kappa shape index (κ3) is 5.61. The molecule has 4 nitrogen and oxygen atoms in total. The predicted octanol–water partition coefficient (Wildman–Crippen LogP) is 4.57. The van der Waals surface area contributed by atoms with Crippen LogP contribution < -0.4 is 15.4 Å². The zero-order chi connectivity index (χ0) is 17.4. The Bertz CT molecular complexity index is 634. The highest BCUT2D eigenvalue weighted by molar-refractivity contribution is 5.89. The van der Waals surface area contributed by atoms with Crippen LogP contribution in [0.15, 0.2) is 48.5 Å². The Kier molecular flexibility index (Phi) is 6.67. The molecular formula is C20H26N2O2. The molecule has 0 aromatic heterocycles. The van der Waals surface area contributed by atoms with Gasteiger partial charge in [-0.05, 0) is 47.7 Å². The lowest BCUT2D eigenvalue weighted by molar-refractivity contribution is 0.247. The van der Waals surface area contributed by atoms with Crippen LogP contribution in [-0.2, 0) is 6.42 Å². The van der Waals surface area contributed by atoms with Crippen LogP contribution in [0.4, 0.5) is 10.5 Å². The Hall–Kier alpha value is -2.49. The van der Waals surface area contributed by atoms with E-state index < -0.39 is 0 Å². The van der Waals surface area contributed by atoms with Crippen molar-refractivity contribution in [3.05, 3.63) is 59.7 Å². The van der Waals surface area contributed by atoms with E-state index in [0.717, 1.165) is 17.9 Å². The minimum Gasteiger partial charge on any atom is -0.492 e. The maximum absolute atomic E-state index is 11.8. The van der Waals surface area contributed by atoms with Gasteiger partial charge in [0.1, 0.15) is 12.4 Å². The normalized spacial score (nSPS) is 10.5. The average molecular weight is 326 g/mol. The Morgan fingerprint density at radius 1 is 1.04 bits per heavy atom. The second-order valence-electron chi connectivity index (χ2n) is 6.00. The van der Waals surface area contributed by atoms with Crippen molar-refractivity contribution in [2.24, 2.45) is 0 Å². The van der Waals surface area contributed by atoms with Gasteiger partial charge in [-0.2, -0.15) is 0 Å². The summed E-state index contributed by atoms with van der Waals surface area (Å²) in [7, 11) is 0. The molecule has 0 saturated carbocycles. The van der Waals surface area contributed by atoms with E-state index in [0.29, 0.717) is 19.1 Å². The summed E-state index contributed by atoms with van der Waals surface area (Å²) >= 11 is 0. The van der Waals surface area contributed by atoms with Crippen LogP contribution in [-0.4, -0.2) is 19.2 Å². The molecule has 128 valence electrons. The molecule has 0 unspecified atom stereocenters. The van der Waals surface area contributed by atoms with Crippen molar-refractivity contribution < 1.29 is 9.53 Å². The van der Waals surface area contributed by atoms with E-state index in [1.54, 1.807) is 0 Å². The highest BCUT2D eigenvalue weighted by Crippen LogP contribution is 2.17. The topological polar surface area (TPSA) is 50.4 Å². The number of hydrogen-bond acceptors (Lipinski definition) is 2. The molecule has 2 amide bonds. The van der Waals surface area contributed by atoms with Gasteiger partial charge in [-0.25, -0.2) is 4.79 Å². The second-order valence-corrected chi connectivity index (χ2v) is 6.00. The van der Waals surface area contributed by atoms with Crippen LogP contribution in [0.1, 0.15) is 37.8 Å². The standard InChI is InChI=1S/C20H26N2O2/c1-4-16-5-11-19(12-6-16)24-14-13-21-20(23)22-18-9-7-17(8-10-18)15(2)3/h5-12,15H,4,13-14H2,1-3H3,(H2,21,22,23). The van der Waals surface area contributed by atoms with Gasteiger partial charge in [0.25, 0.3) is 0 Å². The van der Waals surface area contributed by atoms with Crippen molar-refractivity contribution in [1.29, 1.82) is 0 Å². The molecule has 2 aromatic rings. The monoisotopic (exact) mass is 326 g/mol. The van der Waals surface area contributed by atoms with E-state index in [9.17, 15) is 4.79 Å². The van der Waals surface area contributed by atoms with Gasteiger partial charge in [0, 0.05) is 5.69 Å². The number of ether oxygens (including phenoxy) is 1. The summed E-state index contributed by atoms with van der Waals surface area (Å²) in [5, 5.41) is 5.60. The number of anilines is 1. The summed E-state index contributed by atoms with van der Waals surface area (Å²) in [6, 6.07) is 15.7. The summed E-state index contributed by atoms with van der Waals surface area (Å²) in [6.45, 7) is 7.29. The van der Waals surface area contributed by atoms with E-state index in [1.807, 2.05) is 36.4 Å². The van der Waals surface area contributed by atoms with E-state index in [1.165, 1.54) is 11.1 Å². The summed E-state index contributed by atoms with van der Waals surface area (Å²) in [4.78, 5) is 11.8. The first-order chi connectivity index (χ1) is 11.6. The zero-order valence-corrected chi connectivity index (χ0v) is 14.6. The molecule has 4 heteroatoms. The van der Waals surface area contributed by atoms with E-state index in [-0.39, 0.29) is 6.03 Å². The number of hydrogen-bond donors (Lipinski definition) is 2. The molecule has 2 N–H and O–H groups in total. The van der Waals surface area contributed by atoms with Crippen LogP contribution in [0.3, 0.4) is 0 Å². The first-order valence-corrected chi connectivity index (χ1v) is 8.45. The molecule has 0 aliphatic heterocycles. The SMILES string of the molecule is CCc1ccc(OCCNC(=O)Nc2ccc(C(C)C)cc2)cc1. The Labute approximate surface area is 144 Å². The minimum absolute atomic E-state index is 0.225. The largest absolute Gasteiger partial charge is 0.492 e. The third-order valence-corrected chi connectivity index (χ3v) is 3.82. The van der Waals surface area contributed by atoms with Gasteiger partial charge in [0.2, 0.25) is 0 Å². The molecule has 2 rings (SSSR count). The average Bonchev–Trinajstić information content (AvgIpc) is 2.59. The number of nitrogens with one attached hydrogen (secondary N) is 2. The maximum Gasteiger partial charge on any atom is 0.319 e. The van der Waals surface area contributed by atoms with Crippen LogP contribution in [0, 0.1) is 0 Å². The molecule has 2 aromatic carbocycles. The highest BCUT2D eigenvalue weighted by Gasteiger charge is 2.03. The van der Waals surface area contributed by atoms with Crippen molar-refractivity contribution in [1.82, 2.24) is 5.32 Å². The summed E-state index contributed by atoms with van der Waals surface area (Å²) in [5.74, 6) is 1.30. The summed E-state index contributed by atoms with van der Waals surface area (Å²) < 4.78 is 5.61. The van der Waals surface area contributed by atoms with Gasteiger partial charge >= 0.3 is 6.03 Å². The van der Waals surface area contributed by atoms with Crippen molar-refractivity contribution in [3.63, 3.8) is 0 Å². The number of rotatable bonds is 7. The lowest BCUT2D eigenvalue weighted by Gasteiger charge is -2.10. The fourth-order valence-corrected chi connectivity index (χ4v) is 2.28. The molecule has 0 bridgehead atoms. The maximum atomic E-state index is 11.8. The van der Waals surface area contributed by atoms with Gasteiger partial charge < -0.3 is 15.4 Å². The fourth-order valence-electron chi connectivity index (χ4n) is 2.28. The first kappa shape index (κ1) is 17.9. The third-order valence-electron chi connectivity index (χ3n) is 3.82. The molecule has 0 spiro atoms. The van der Waals surface area contributed by atoms with Crippen molar-refractivity contribution in [2.75, 3.05) is 18.5 Å². The fraction of sp³-hybridized carbons (Fsp3) is 0.350. The number of aryl methyl sites for hydroxylation is 1. The number of amides is 2. The molecular weight excluding hydrogens is 300 g/mol. The van der Waals surface area contributed by atoms with Crippen molar-refractivity contribution >= 4 is 11.7 Å². The van der Waals surface area contributed by atoms with Gasteiger partial charge in [-0.3, -0.25) is 0 Å². The van der Waals surface area contributed by atoms with Gasteiger partial charge in [-0.15, -0.1) is 0 Å². The molecule has 0 aliphatic rings. The molecule has 0 fully saturated rings. The Balaban J connectivity index is 1.69. The van der Waals surface area contributed by atoms with E-state index in [2.05, 4.69) is 43.5 Å². The summed E-state index contributed by atoms with van der Waals surface area (Å²) in [6.07, 6.45) is 1.01. The van der Waals surface area contributed by atoms with Crippen molar-refractivity contribution in [3.8, 4) is 5.75 Å².